The number of halogens is 2. The average molecular weight is 512 g/mol. The van der Waals surface area contributed by atoms with Crippen molar-refractivity contribution in [1.29, 1.82) is 0 Å². The minimum Gasteiger partial charge on any atom is -0.482 e. The molecule has 0 fully saturated rings. The number of hydrogen-bond acceptors (Lipinski definition) is 8. The lowest BCUT2D eigenvalue weighted by molar-refractivity contribution is -0.122. The number of rotatable bonds is 8. The van der Waals surface area contributed by atoms with Crippen molar-refractivity contribution < 1.29 is 14.3 Å². The van der Waals surface area contributed by atoms with Crippen LogP contribution in [0.15, 0.2) is 67.0 Å². The molecule has 4 rings (SSSR count). The van der Waals surface area contributed by atoms with Crippen LogP contribution in [0.4, 0.5) is 17.3 Å². The quantitative estimate of drug-likeness (QED) is 0.225. The maximum Gasteiger partial charge on any atom is 0.276 e. The SMILES string of the molecule is Nc1c(NNC(=O)COc2ccc(Cl)cc2Cl)ncnc1NNC(=O)c1cccc2ccccc12. The molecule has 0 spiro atoms. The fourth-order valence-corrected chi connectivity index (χ4v) is 3.57. The topological polar surface area (TPSA) is 143 Å². The number of nitrogens with zero attached hydrogens (tertiary/aromatic N) is 2. The molecular formula is C23H19Cl2N7O3. The van der Waals surface area contributed by atoms with Crippen molar-refractivity contribution in [2.75, 3.05) is 23.2 Å². The summed E-state index contributed by atoms with van der Waals surface area (Å²) in [5.41, 5.74) is 16.9. The third kappa shape index (κ3) is 5.81. The summed E-state index contributed by atoms with van der Waals surface area (Å²) in [6, 6.07) is 17.6. The van der Waals surface area contributed by atoms with Gasteiger partial charge in [-0.2, -0.15) is 0 Å². The second-order valence-electron chi connectivity index (χ2n) is 7.13. The van der Waals surface area contributed by atoms with Gasteiger partial charge in [-0.15, -0.1) is 0 Å². The molecule has 1 aromatic heterocycles. The van der Waals surface area contributed by atoms with Crippen LogP contribution in [0.5, 0.6) is 5.75 Å². The monoisotopic (exact) mass is 511 g/mol. The number of nitrogens with two attached hydrogens (primary N) is 1. The van der Waals surface area contributed by atoms with Gasteiger partial charge in [0, 0.05) is 10.6 Å². The third-order valence-electron chi connectivity index (χ3n) is 4.79. The Kier molecular flexibility index (Phi) is 7.34. The first kappa shape index (κ1) is 23.9. The molecule has 0 saturated heterocycles. The number of nitrogens with one attached hydrogen (secondary N) is 4. The second-order valence-corrected chi connectivity index (χ2v) is 7.97. The number of hydrazine groups is 2. The first-order valence-electron chi connectivity index (χ1n) is 10.2. The van der Waals surface area contributed by atoms with Gasteiger partial charge in [0.2, 0.25) is 0 Å². The Bertz CT molecular complexity index is 1400. The van der Waals surface area contributed by atoms with Crippen molar-refractivity contribution >= 4 is 63.1 Å². The zero-order valence-corrected chi connectivity index (χ0v) is 19.5. The van der Waals surface area contributed by atoms with Gasteiger partial charge < -0.3 is 10.5 Å². The lowest BCUT2D eigenvalue weighted by atomic mass is 10.0. The summed E-state index contributed by atoms with van der Waals surface area (Å²) >= 11 is 11.9. The minimum atomic E-state index is -0.521. The summed E-state index contributed by atoms with van der Waals surface area (Å²) < 4.78 is 5.37. The van der Waals surface area contributed by atoms with Gasteiger partial charge in [-0.1, -0.05) is 59.6 Å². The van der Waals surface area contributed by atoms with Crippen molar-refractivity contribution in [3.8, 4) is 5.75 Å². The van der Waals surface area contributed by atoms with Crippen molar-refractivity contribution in [3.05, 3.63) is 82.6 Å². The van der Waals surface area contributed by atoms with E-state index >= 15 is 0 Å². The Morgan fingerprint density at radius 1 is 0.914 bits per heavy atom. The largest absolute Gasteiger partial charge is 0.482 e. The van der Waals surface area contributed by atoms with Crippen molar-refractivity contribution in [2.24, 2.45) is 0 Å². The fraction of sp³-hybridized carbons (Fsp3) is 0.0435. The molecule has 0 saturated carbocycles. The number of amides is 2. The van der Waals surface area contributed by atoms with Crippen LogP contribution in [0.3, 0.4) is 0 Å². The van der Waals surface area contributed by atoms with Gasteiger partial charge in [0.05, 0.1) is 5.02 Å². The Labute approximate surface area is 209 Å². The van der Waals surface area contributed by atoms with Crippen molar-refractivity contribution in [2.45, 2.75) is 0 Å². The highest BCUT2D eigenvalue weighted by Gasteiger charge is 2.13. The molecule has 12 heteroatoms. The van der Waals surface area contributed by atoms with Crippen LogP contribution in [0.1, 0.15) is 10.4 Å². The molecule has 0 unspecified atom stereocenters. The Balaban J connectivity index is 1.34. The van der Waals surface area contributed by atoms with Gasteiger partial charge in [-0.05, 0) is 35.0 Å². The molecule has 2 amide bonds. The van der Waals surface area contributed by atoms with E-state index in [1.807, 2.05) is 30.3 Å². The number of nitrogen functional groups attached to an aromatic ring is 1. The molecule has 10 nitrogen and oxygen atoms in total. The third-order valence-corrected chi connectivity index (χ3v) is 5.32. The van der Waals surface area contributed by atoms with E-state index in [-0.39, 0.29) is 34.9 Å². The number of carbonyl (C=O) groups excluding carboxylic acids is 2. The average Bonchev–Trinajstić information content (AvgIpc) is 2.86. The zero-order chi connectivity index (χ0) is 24.8. The Morgan fingerprint density at radius 2 is 1.63 bits per heavy atom. The summed E-state index contributed by atoms with van der Waals surface area (Å²) in [5.74, 6) is -0.344. The van der Waals surface area contributed by atoms with E-state index < -0.39 is 5.91 Å². The highest BCUT2D eigenvalue weighted by molar-refractivity contribution is 6.35. The normalized spacial score (nSPS) is 10.5. The van der Waals surface area contributed by atoms with Crippen molar-refractivity contribution in [3.63, 3.8) is 0 Å². The van der Waals surface area contributed by atoms with Crippen LogP contribution in [0.25, 0.3) is 10.8 Å². The van der Waals surface area contributed by atoms with E-state index in [1.165, 1.54) is 12.4 Å². The molecule has 0 atom stereocenters. The fourth-order valence-electron chi connectivity index (χ4n) is 3.10. The van der Waals surface area contributed by atoms with Crippen LogP contribution < -0.4 is 32.2 Å². The smallest absolute Gasteiger partial charge is 0.276 e. The highest BCUT2D eigenvalue weighted by atomic mass is 35.5. The number of benzene rings is 3. The minimum absolute atomic E-state index is 0.0627. The molecule has 0 aliphatic heterocycles. The lowest BCUT2D eigenvalue weighted by Gasteiger charge is -2.14. The van der Waals surface area contributed by atoms with Gasteiger partial charge in [-0.3, -0.25) is 31.3 Å². The molecule has 0 bridgehead atoms. The van der Waals surface area contributed by atoms with Gasteiger partial charge >= 0.3 is 0 Å². The van der Waals surface area contributed by atoms with Crippen LogP contribution in [0, 0.1) is 0 Å². The highest BCUT2D eigenvalue weighted by Crippen LogP contribution is 2.27. The molecule has 0 radical (unpaired) electrons. The Hall–Kier alpha value is -4.28. The molecule has 3 aromatic carbocycles. The summed E-state index contributed by atoms with van der Waals surface area (Å²) in [4.78, 5) is 32.8. The molecule has 35 heavy (non-hydrogen) atoms. The van der Waals surface area contributed by atoms with E-state index in [1.54, 1.807) is 24.3 Å². The van der Waals surface area contributed by atoms with Crippen molar-refractivity contribution in [1.82, 2.24) is 20.8 Å². The van der Waals surface area contributed by atoms with E-state index in [0.717, 1.165) is 10.8 Å². The van der Waals surface area contributed by atoms with Gasteiger partial charge in [0.1, 0.15) is 17.8 Å². The number of aromatic nitrogens is 2. The van der Waals surface area contributed by atoms with Crippen LogP contribution in [0.2, 0.25) is 10.0 Å². The number of carbonyl (C=O) groups is 2. The molecule has 178 valence electrons. The molecule has 6 N–H and O–H groups in total. The van der Waals surface area contributed by atoms with Crippen LogP contribution in [-0.2, 0) is 4.79 Å². The maximum absolute atomic E-state index is 12.7. The number of hydrogen-bond donors (Lipinski definition) is 5. The number of anilines is 3. The van der Waals surface area contributed by atoms with E-state index in [9.17, 15) is 9.59 Å². The molecule has 4 aromatic rings. The molecule has 0 aliphatic carbocycles. The number of ether oxygens (including phenoxy) is 1. The summed E-state index contributed by atoms with van der Waals surface area (Å²) in [5, 5.41) is 2.47. The lowest BCUT2D eigenvalue weighted by Crippen LogP contribution is -2.35. The summed E-state index contributed by atoms with van der Waals surface area (Å²) in [6.45, 7) is -0.328. The van der Waals surface area contributed by atoms with Crippen LogP contribution in [-0.4, -0.2) is 28.4 Å². The first-order valence-corrected chi connectivity index (χ1v) is 11.0. The van der Waals surface area contributed by atoms with Gasteiger partial charge in [0.15, 0.2) is 18.2 Å². The van der Waals surface area contributed by atoms with Crippen LogP contribution >= 0.6 is 23.2 Å². The van der Waals surface area contributed by atoms with E-state index in [0.29, 0.717) is 16.3 Å². The predicted octanol–water partition coefficient (Wildman–Crippen LogP) is 3.80. The zero-order valence-electron chi connectivity index (χ0n) is 18.0. The second kappa shape index (κ2) is 10.8. The van der Waals surface area contributed by atoms with E-state index in [4.69, 9.17) is 33.7 Å². The van der Waals surface area contributed by atoms with E-state index in [2.05, 4.69) is 31.7 Å². The standard InChI is InChI=1S/C23H19Cl2N7O3/c24-14-8-9-18(17(25)10-14)35-11-19(33)29-30-21-20(26)22(28-12-27-21)31-32-23(34)16-7-3-5-13-4-1-2-6-15(13)16/h1-10,12H,11,26H2,(H,29,33)(H,32,34)(H2,27,28,30,31). The first-order chi connectivity index (χ1) is 16.9. The predicted molar refractivity (Wildman–Crippen MR) is 135 cm³/mol. The number of fused-ring (bicyclic) bond motifs is 1. The summed E-state index contributed by atoms with van der Waals surface area (Å²) in [7, 11) is 0. The molecule has 1 heterocycles. The Morgan fingerprint density at radius 3 is 2.40 bits per heavy atom. The molecular weight excluding hydrogens is 493 g/mol. The summed E-state index contributed by atoms with van der Waals surface area (Å²) in [6.07, 6.45) is 1.21. The van der Waals surface area contributed by atoms with Gasteiger partial charge in [-0.25, -0.2) is 9.97 Å². The molecule has 0 aliphatic rings. The maximum atomic E-state index is 12.7. The van der Waals surface area contributed by atoms with Gasteiger partial charge in [0.25, 0.3) is 11.8 Å².